The Kier molecular flexibility index (Phi) is 22.3. The van der Waals surface area contributed by atoms with E-state index in [4.69, 9.17) is 0 Å². The molecule has 0 amide bonds. The zero-order chi connectivity index (χ0) is 55.1. The molecule has 2 nitrogen and oxygen atoms in total. The molecular weight excluding hydrogens is 965 g/mol. The number of nitrogens with zero attached hydrogens (tertiary/aromatic N) is 2. The summed E-state index contributed by atoms with van der Waals surface area (Å²) in [5.74, 6) is 0. The van der Waals surface area contributed by atoms with Gasteiger partial charge < -0.3 is 9.80 Å². The molecular formula is C78H94N2. The van der Waals surface area contributed by atoms with Crippen molar-refractivity contribution < 1.29 is 0 Å². The summed E-state index contributed by atoms with van der Waals surface area (Å²) >= 11 is 0. The van der Waals surface area contributed by atoms with Crippen molar-refractivity contribution >= 4 is 34.1 Å². The second kappa shape index (κ2) is 30.8. The van der Waals surface area contributed by atoms with Crippen molar-refractivity contribution in [1.82, 2.24) is 0 Å². The fourth-order valence-corrected chi connectivity index (χ4v) is 11.9. The van der Waals surface area contributed by atoms with E-state index in [0.29, 0.717) is 0 Å². The molecule has 0 fully saturated rings. The van der Waals surface area contributed by atoms with E-state index in [0.717, 1.165) is 0 Å². The molecule has 0 saturated carbocycles. The number of anilines is 6. The summed E-state index contributed by atoms with van der Waals surface area (Å²) < 4.78 is 0. The van der Waals surface area contributed by atoms with E-state index in [1.807, 2.05) is 0 Å². The molecule has 2 heteroatoms. The van der Waals surface area contributed by atoms with Crippen molar-refractivity contribution in [2.45, 2.75) is 195 Å². The molecule has 0 spiro atoms. The van der Waals surface area contributed by atoms with E-state index in [1.165, 1.54) is 234 Å². The first-order chi connectivity index (χ1) is 39.3. The van der Waals surface area contributed by atoms with Crippen LogP contribution in [0, 0.1) is 27.7 Å². The van der Waals surface area contributed by atoms with Crippen LogP contribution in [0.2, 0.25) is 0 Å². The van der Waals surface area contributed by atoms with Gasteiger partial charge in [-0.25, -0.2) is 0 Å². The molecule has 0 aliphatic heterocycles. The monoisotopic (exact) mass is 1060 g/mol. The maximum absolute atomic E-state index is 2.46. The maximum atomic E-state index is 2.46. The average molecular weight is 1060 g/mol. The SMILES string of the molecule is Cc1ccc(N(c2ccc(C)cc2)c2ccc(CCCCCCCCCCCCc3ccc4c(c3)CC4)cc2)cc1.Cc1ccc(N(c2ccc(C)cc2)c2ccc(CCCCCCCCCCc3ccc4c(c3)CC4)cc2)cc1. The van der Waals surface area contributed by atoms with Gasteiger partial charge in [0.2, 0.25) is 0 Å². The molecule has 8 aromatic carbocycles. The van der Waals surface area contributed by atoms with E-state index in [9.17, 15) is 0 Å². The van der Waals surface area contributed by atoms with Gasteiger partial charge in [0.1, 0.15) is 0 Å². The first-order valence-electron chi connectivity index (χ1n) is 31.6. The summed E-state index contributed by atoms with van der Waals surface area (Å²) in [4.78, 5) is 4.71. The van der Waals surface area contributed by atoms with Crippen molar-refractivity contribution in [2.75, 3.05) is 9.80 Å². The van der Waals surface area contributed by atoms with Crippen LogP contribution in [-0.4, -0.2) is 0 Å². The van der Waals surface area contributed by atoms with Gasteiger partial charge >= 0.3 is 0 Å². The van der Waals surface area contributed by atoms with E-state index in [-0.39, 0.29) is 0 Å². The normalized spacial score (nSPS) is 12.2. The lowest BCUT2D eigenvalue weighted by Crippen LogP contribution is -2.10. The lowest BCUT2D eigenvalue weighted by atomic mass is 9.86. The van der Waals surface area contributed by atoms with E-state index >= 15 is 0 Å². The number of aryl methyl sites for hydroxylation is 12. The van der Waals surface area contributed by atoms with Crippen LogP contribution in [0.15, 0.2) is 182 Å². The van der Waals surface area contributed by atoms with E-state index < -0.39 is 0 Å². The fourth-order valence-electron chi connectivity index (χ4n) is 11.9. The predicted octanol–water partition coefficient (Wildman–Crippen LogP) is 22.3. The van der Waals surface area contributed by atoms with Gasteiger partial charge in [-0.3, -0.25) is 0 Å². The first-order valence-corrected chi connectivity index (χ1v) is 31.6. The Morgan fingerprint density at radius 2 is 0.412 bits per heavy atom. The van der Waals surface area contributed by atoms with Gasteiger partial charge in [-0.05, 0) is 222 Å². The highest BCUT2D eigenvalue weighted by molar-refractivity contribution is 5.78. The molecule has 80 heavy (non-hydrogen) atoms. The Morgan fingerprint density at radius 1 is 0.212 bits per heavy atom. The zero-order valence-corrected chi connectivity index (χ0v) is 49.6. The Morgan fingerprint density at radius 3 is 0.637 bits per heavy atom. The first kappa shape index (κ1) is 58.0. The van der Waals surface area contributed by atoms with Gasteiger partial charge in [0.25, 0.3) is 0 Å². The zero-order valence-electron chi connectivity index (χ0n) is 49.6. The number of unbranched alkanes of at least 4 members (excludes halogenated alkanes) is 16. The fraction of sp³-hybridized carbons (Fsp3) is 0.385. The highest BCUT2D eigenvalue weighted by Gasteiger charge is 2.16. The van der Waals surface area contributed by atoms with Crippen molar-refractivity contribution in [2.24, 2.45) is 0 Å². The van der Waals surface area contributed by atoms with Crippen LogP contribution in [0.4, 0.5) is 34.1 Å². The van der Waals surface area contributed by atoms with Crippen molar-refractivity contribution in [3.05, 3.63) is 249 Å². The molecule has 0 atom stereocenters. The van der Waals surface area contributed by atoms with Crippen LogP contribution in [0.3, 0.4) is 0 Å². The molecule has 8 aromatic rings. The summed E-state index contributed by atoms with van der Waals surface area (Å²) in [5, 5.41) is 0. The number of fused-ring (bicyclic) bond motifs is 2. The van der Waals surface area contributed by atoms with Crippen LogP contribution < -0.4 is 9.80 Å². The third kappa shape index (κ3) is 17.7. The molecule has 0 N–H and O–H groups in total. The lowest BCUT2D eigenvalue weighted by molar-refractivity contribution is 0.551. The van der Waals surface area contributed by atoms with Crippen LogP contribution in [0.1, 0.15) is 182 Å². The summed E-state index contributed by atoms with van der Waals surface area (Å²) in [6.07, 6.45) is 34.8. The Hall–Kier alpha value is -6.64. The van der Waals surface area contributed by atoms with Crippen LogP contribution in [-0.2, 0) is 51.4 Å². The van der Waals surface area contributed by atoms with Gasteiger partial charge in [-0.2, -0.15) is 0 Å². The molecule has 0 unspecified atom stereocenters. The molecule has 2 aliphatic carbocycles. The van der Waals surface area contributed by atoms with Crippen LogP contribution in [0.25, 0.3) is 0 Å². The maximum Gasteiger partial charge on any atom is 0.0461 e. The van der Waals surface area contributed by atoms with Gasteiger partial charge in [-0.1, -0.05) is 221 Å². The smallest absolute Gasteiger partial charge is 0.0461 e. The van der Waals surface area contributed by atoms with Crippen molar-refractivity contribution in [3.63, 3.8) is 0 Å². The Labute approximate surface area is 484 Å². The minimum Gasteiger partial charge on any atom is -0.311 e. The van der Waals surface area contributed by atoms with E-state index in [2.05, 4.69) is 219 Å². The molecule has 0 bridgehead atoms. The summed E-state index contributed by atoms with van der Waals surface area (Å²) in [7, 11) is 0. The number of hydrogen-bond donors (Lipinski definition) is 0. The minimum atomic E-state index is 1.18. The molecule has 10 rings (SSSR count). The summed E-state index contributed by atoms with van der Waals surface area (Å²) in [6.45, 7) is 8.58. The number of hydrogen-bond acceptors (Lipinski definition) is 2. The van der Waals surface area contributed by atoms with Gasteiger partial charge in [-0.15, -0.1) is 0 Å². The minimum absolute atomic E-state index is 1.18. The topological polar surface area (TPSA) is 6.48 Å². The summed E-state index contributed by atoms with van der Waals surface area (Å²) in [5.41, 5.74) is 24.8. The lowest BCUT2D eigenvalue weighted by Gasteiger charge is -2.26. The molecule has 0 saturated heterocycles. The number of rotatable bonds is 30. The second-order valence-corrected chi connectivity index (χ2v) is 23.9. The highest BCUT2D eigenvalue weighted by atomic mass is 15.1. The van der Waals surface area contributed by atoms with Crippen molar-refractivity contribution in [3.8, 4) is 0 Å². The average Bonchev–Trinajstić information content (AvgIpc) is 3.59. The molecule has 0 aromatic heterocycles. The molecule has 0 heterocycles. The Bertz CT molecular complexity index is 2960. The van der Waals surface area contributed by atoms with Gasteiger partial charge in [0.05, 0.1) is 0 Å². The largest absolute Gasteiger partial charge is 0.311 e. The molecule has 416 valence electrons. The van der Waals surface area contributed by atoms with Gasteiger partial charge in [0.15, 0.2) is 0 Å². The number of benzene rings is 8. The molecule has 2 aliphatic rings. The quantitative estimate of drug-likeness (QED) is 0.0414. The summed E-state index contributed by atoms with van der Waals surface area (Å²) in [6, 6.07) is 68.1. The highest BCUT2D eigenvalue weighted by Crippen LogP contribution is 2.37. The van der Waals surface area contributed by atoms with Crippen molar-refractivity contribution in [1.29, 1.82) is 0 Å². The van der Waals surface area contributed by atoms with E-state index in [1.54, 1.807) is 33.4 Å². The van der Waals surface area contributed by atoms with Gasteiger partial charge in [0, 0.05) is 34.1 Å². The second-order valence-electron chi connectivity index (χ2n) is 23.9. The standard InChI is InChI=1S/C40H49N.C38H45N/c1-32-15-25-38(26-16-32)41(39-27-17-33(2)18-28-39)40-29-20-34(21-30-40)13-11-9-7-5-3-4-6-8-10-12-14-35-19-22-36-23-24-37(36)31-35;1-30-13-23-36(24-14-30)39(37-25-15-31(2)16-26-37)38-27-18-32(19-28-38)11-9-7-5-3-4-6-8-10-12-33-17-20-34-21-22-35(34)29-33/h15-22,25-31H,3-14,23-24H2,1-2H3;13-20,23-29H,3-12,21-22H2,1-2H3. The van der Waals surface area contributed by atoms with Crippen LogP contribution in [0.5, 0.6) is 0 Å². The van der Waals surface area contributed by atoms with Crippen LogP contribution >= 0.6 is 0 Å². The Balaban J connectivity index is 0.000000194. The third-order valence-corrected chi connectivity index (χ3v) is 17.3. The molecule has 0 radical (unpaired) electrons. The third-order valence-electron chi connectivity index (χ3n) is 17.3. The predicted molar refractivity (Wildman–Crippen MR) is 347 cm³/mol.